The van der Waals surface area contributed by atoms with E-state index in [1.165, 1.54) is 9.80 Å². The smallest absolute Gasteiger partial charge is 0.288 e. The molecule has 2 saturated heterocycles. The molecule has 0 saturated carbocycles. The number of rotatable bonds is 7. The van der Waals surface area contributed by atoms with Crippen LogP contribution < -0.4 is 9.80 Å². The maximum absolute atomic E-state index is 16.0. The molecule has 0 radical (unpaired) electrons. The van der Waals surface area contributed by atoms with Crippen molar-refractivity contribution < 1.29 is 31.8 Å². The number of anilines is 2. The average Bonchev–Trinajstić information content (AvgIpc) is 3.46. The summed E-state index contributed by atoms with van der Waals surface area (Å²) in [6.45, 7) is -0.0142. The molecule has 15 heteroatoms. The first-order valence-electron chi connectivity index (χ1n) is 14.8. The number of benzene rings is 4. The molecular weight excluding hydrogens is 682 g/mol. The highest BCUT2D eigenvalue weighted by Crippen LogP contribution is 2.51. The molecule has 0 aliphatic carbocycles. The van der Waals surface area contributed by atoms with Gasteiger partial charge in [0.1, 0.15) is 33.0 Å². The molecule has 0 aromatic heterocycles. The standard InChI is InChI=1S/C33H25Cl2F5N4O4/c34-22-16-24(36)20(14-30(22)43(45)46)28-6-7-29(21-15-31(44(47)48)23(35)17-25(21)37)42(28)19-12-26(38)32(27(39)13-19)41-10-8-33(40,9-11-41)18-4-2-1-3-5-18/h1-5,12-17,28-29H,6-11H2/t28-,29-/m1/s1. The van der Waals surface area contributed by atoms with Crippen molar-refractivity contribution in [3.05, 3.63) is 137 Å². The van der Waals surface area contributed by atoms with E-state index in [1.807, 2.05) is 0 Å². The number of nitro benzene ring substituents is 2. The minimum atomic E-state index is -1.68. The van der Waals surface area contributed by atoms with Gasteiger partial charge in [0.2, 0.25) is 0 Å². The van der Waals surface area contributed by atoms with Crippen LogP contribution in [0.2, 0.25) is 10.0 Å². The molecule has 2 aliphatic rings. The van der Waals surface area contributed by atoms with Crippen molar-refractivity contribution in [3.8, 4) is 0 Å². The Morgan fingerprint density at radius 2 is 1.17 bits per heavy atom. The topological polar surface area (TPSA) is 92.8 Å². The minimum Gasteiger partial charge on any atom is -0.367 e. The van der Waals surface area contributed by atoms with Crippen LogP contribution in [0.3, 0.4) is 0 Å². The summed E-state index contributed by atoms with van der Waals surface area (Å²) in [5.74, 6) is -3.98. The van der Waals surface area contributed by atoms with Gasteiger partial charge in [-0.15, -0.1) is 0 Å². The summed E-state index contributed by atoms with van der Waals surface area (Å²) in [6, 6.07) is 11.4. The quantitative estimate of drug-likeness (QED) is 0.108. The summed E-state index contributed by atoms with van der Waals surface area (Å²) < 4.78 is 78.5. The van der Waals surface area contributed by atoms with Crippen molar-refractivity contribution in [2.75, 3.05) is 22.9 Å². The first-order chi connectivity index (χ1) is 22.8. The molecule has 0 spiro atoms. The maximum Gasteiger partial charge on any atom is 0.288 e. The van der Waals surface area contributed by atoms with Gasteiger partial charge in [-0.1, -0.05) is 53.5 Å². The lowest BCUT2D eigenvalue weighted by Gasteiger charge is -2.38. The van der Waals surface area contributed by atoms with Crippen LogP contribution in [0, 0.1) is 43.5 Å². The van der Waals surface area contributed by atoms with Crippen LogP contribution in [-0.2, 0) is 5.67 Å². The summed E-state index contributed by atoms with van der Waals surface area (Å²) in [6.07, 6.45) is -0.0504. The third-order valence-electron chi connectivity index (χ3n) is 9.09. The Labute approximate surface area is 280 Å². The molecule has 2 atom stereocenters. The summed E-state index contributed by atoms with van der Waals surface area (Å²) >= 11 is 11.8. The lowest BCUT2D eigenvalue weighted by molar-refractivity contribution is -0.384. The predicted molar refractivity (Wildman–Crippen MR) is 170 cm³/mol. The molecule has 0 N–H and O–H groups in total. The number of halogens is 7. The molecule has 2 fully saturated rings. The van der Waals surface area contributed by atoms with Crippen LogP contribution >= 0.6 is 23.2 Å². The van der Waals surface area contributed by atoms with Gasteiger partial charge in [0.15, 0.2) is 11.6 Å². The molecule has 0 bridgehead atoms. The molecule has 6 rings (SSSR count). The van der Waals surface area contributed by atoms with Crippen LogP contribution in [-0.4, -0.2) is 22.9 Å². The first kappa shape index (κ1) is 33.4. The van der Waals surface area contributed by atoms with E-state index < -0.39 is 78.0 Å². The number of nitro groups is 2. The first-order valence-corrected chi connectivity index (χ1v) is 15.6. The molecule has 2 aliphatic heterocycles. The highest BCUT2D eigenvalue weighted by Gasteiger charge is 2.42. The van der Waals surface area contributed by atoms with Gasteiger partial charge >= 0.3 is 0 Å². The van der Waals surface area contributed by atoms with E-state index in [4.69, 9.17) is 23.2 Å². The Bertz CT molecular complexity index is 1830. The van der Waals surface area contributed by atoms with Crippen LogP contribution in [0.25, 0.3) is 0 Å². The third kappa shape index (κ3) is 6.00. The Morgan fingerprint density at radius 3 is 1.60 bits per heavy atom. The van der Waals surface area contributed by atoms with E-state index in [2.05, 4.69) is 0 Å². The summed E-state index contributed by atoms with van der Waals surface area (Å²) in [7, 11) is 0. The predicted octanol–water partition coefficient (Wildman–Crippen LogP) is 9.91. The molecule has 8 nitrogen and oxygen atoms in total. The van der Waals surface area contributed by atoms with E-state index >= 15 is 22.0 Å². The van der Waals surface area contributed by atoms with E-state index in [0.29, 0.717) is 5.56 Å². The van der Waals surface area contributed by atoms with E-state index in [9.17, 15) is 20.2 Å². The van der Waals surface area contributed by atoms with Crippen LogP contribution in [0.15, 0.2) is 66.7 Å². The Kier molecular flexibility index (Phi) is 8.94. The molecule has 4 aromatic rings. The van der Waals surface area contributed by atoms with E-state index in [0.717, 1.165) is 36.4 Å². The number of alkyl halides is 1. The zero-order valence-corrected chi connectivity index (χ0v) is 26.3. The van der Waals surface area contributed by atoms with Gasteiger partial charge in [-0.05, 0) is 42.7 Å². The summed E-state index contributed by atoms with van der Waals surface area (Å²) in [4.78, 5) is 24.3. The van der Waals surface area contributed by atoms with Gasteiger partial charge < -0.3 is 9.80 Å². The largest absolute Gasteiger partial charge is 0.367 e. The van der Waals surface area contributed by atoms with Gasteiger partial charge in [-0.25, -0.2) is 22.0 Å². The third-order valence-corrected chi connectivity index (χ3v) is 9.70. The highest BCUT2D eigenvalue weighted by molar-refractivity contribution is 6.33. The van der Waals surface area contributed by atoms with Gasteiger partial charge in [0, 0.05) is 54.9 Å². The highest BCUT2D eigenvalue weighted by atomic mass is 35.5. The fourth-order valence-corrected chi connectivity index (χ4v) is 7.23. The lowest BCUT2D eigenvalue weighted by Crippen LogP contribution is -2.41. The second kappa shape index (κ2) is 12.8. The van der Waals surface area contributed by atoms with Gasteiger partial charge in [-0.3, -0.25) is 20.2 Å². The molecular formula is C33H25Cl2F5N4O4. The number of hydrogen-bond donors (Lipinski definition) is 0. The van der Waals surface area contributed by atoms with Crippen molar-refractivity contribution in [1.82, 2.24) is 0 Å². The SMILES string of the molecule is O=[N+]([O-])c1cc([C@H]2CC[C@H](c3cc([N+](=O)[O-])c(Cl)cc3F)N2c2cc(F)c(N3CCC(F)(c4ccccc4)CC3)c(F)c2)c(F)cc1Cl. The normalized spacial score (nSPS) is 19.1. The van der Waals surface area contributed by atoms with Gasteiger partial charge in [0.25, 0.3) is 11.4 Å². The number of piperidine rings is 1. The fraction of sp³-hybridized carbons (Fsp3) is 0.273. The van der Waals surface area contributed by atoms with Gasteiger partial charge in [0.05, 0.1) is 21.9 Å². The molecule has 48 heavy (non-hydrogen) atoms. The molecule has 2 heterocycles. The second-order valence-corrected chi connectivity index (χ2v) is 12.6. The molecule has 0 unspecified atom stereocenters. The lowest BCUT2D eigenvalue weighted by atomic mass is 9.86. The van der Waals surface area contributed by atoms with Crippen molar-refractivity contribution in [2.24, 2.45) is 0 Å². The summed E-state index contributed by atoms with van der Waals surface area (Å²) in [5, 5.41) is 22.3. The fourth-order valence-electron chi connectivity index (χ4n) is 6.79. The monoisotopic (exact) mass is 706 g/mol. The van der Waals surface area contributed by atoms with Crippen molar-refractivity contribution in [2.45, 2.75) is 43.4 Å². The number of nitrogens with zero attached hydrogens (tertiary/aromatic N) is 4. The Balaban J connectivity index is 1.42. The maximum atomic E-state index is 16.0. The Hall–Kier alpha value is -4.49. The Morgan fingerprint density at radius 1 is 0.708 bits per heavy atom. The van der Waals surface area contributed by atoms with Crippen LogP contribution in [0.1, 0.15) is 54.5 Å². The molecule has 250 valence electrons. The average molecular weight is 707 g/mol. The van der Waals surface area contributed by atoms with Crippen molar-refractivity contribution in [3.63, 3.8) is 0 Å². The number of hydrogen-bond acceptors (Lipinski definition) is 6. The second-order valence-electron chi connectivity index (χ2n) is 11.8. The summed E-state index contributed by atoms with van der Waals surface area (Å²) in [5.41, 5.74) is -3.56. The van der Waals surface area contributed by atoms with Crippen LogP contribution in [0.5, 0.6) is 0 Å². The molecule has 0 amide bonds. The van der Waals surface area contributed by atoms with Gasteiger partial charge in [-0.2, -0.15) is 0 Å². The molecule has 4 aromatic carbocycles. The van der Waals surface area contributed by atoms with E-state index in [-0.39, 0.29) is 55.6 Å². The van der Waals surface area contributed by atoms with Crippen molar-refractivity contribution >= 4 is 46.0 Å². The van der Waals surface area contributed by atoms with E-state index in [1.54, 1.807) is 30.3 Å². The zero-order chi connectivity index (χ0) is 34.5. The zero-order valence-electron chi connectivity index (χ0n) is 24.8. The van der Waals surface area contributed by atoms with Crippen LogP contribution in [0.4, 0.5) is 44.7 Å². The minimum absolute atomic E-state index is 0.00538. The van der Waals surface area contributed by atoms with Crippen molar-refractivity contribution in [1.29, 1.82) is 0 Å².